The van der Waals surface area contributed by atoms with Gasteiger partial charge in [-0.3, -0.25) is 4.79 Å². The van der Waals surface area contributed by atoms with Crippen molar-refractivity contribution in [3.05, 3.63) is 59.9 Å². The summed E-state index contributed by atoms with van der Waals surface area (Å²) in [6.45, 7) is 4.83. The van der Waals surface area contributed by atoms with Crippen LogP contribution in [0.25, 0.3) is 22.2 Å². The Hall–Kier alpha value is -4.12. The molecule has 2 aromatic carbocycles. The van der Waals surface area contributed by atoms with Crippen molar-refractivity contribution in [1.29, 1.82) is 0 Å². The van der Waals surface area contributed by atoms with Crippen molar-refractivity contribution in [2.75, 3.05) is 49.8 Å². The second-order valence-electron chi connectivity index (χ2n) is 9.42. The van der Waals surface area contributed by atoms with Crippen LogP contribution in [0.1, 0.15) is 18.1 Å². The number of carbonyl (C=O) groups is 1. The maximum atomic E-state index is 13.9. The Morgan fingerprint density at radius 2 is 1.87 bits per heavy atom. The van der Waals surface area contributed by atoms with Gasteiger partial charge in [0.05, 0.1) is 17.1 Å². The second kappa shape index (κ2) is 10.7. The number of aryl methyl sites for hydroxylation is 1. The van der Waals surface area contributed by atoms with Crippen LogP contribution in [0.2, 0.25) is 0 Å². The molecule has 0 fully saturated rings. The number of fused-ring (bicyclic) bond motifs is 1. The van der Waals surface area contributed by atoms with Crippen molar-refractivity contribution in [2.45, 2.75) is 20.0 Å². The third-order valence-electron chi connectivity index (χ3n) is 6.13. The molecule has 0 radical (unpaired) electrons. The molecule has 1 amide bonds. The number of amides is 1. The zero-order chi connectivity index (χ0) is 27.6. The van der Waals surface area contributed by atoms with Crippen LogP contribution in [0.4, 0.5) is 36.2 Å². The molecule has 4 aromatic rings. The number of likely N-dealkylation sites (N-methyl/N-ethyl adjacent to an activating group) is 2. The average molecular weight is 526 g/mol. The van der Waals surface area contributed by atoms with E-state index in [4.69, 9.17) is 0 Å². The van der Waals surface area contributed by atoms with E-state index in [1.165, 1.54) is 13.1 Å². The molecular weight excluding hydrogens is 495 g/mol. The van der Waals surface area contributed by atoms with Gasteiger partial charge in [0, 0.05) is 61.6 Å². The van der Waals surface area contributed by atoms with Gasteiger partial charge in [0.15, 0.2) is 0 Å². The van der Waals surface area contributed by atoms with Gasteiger partial charge in [-0.1, -0.05) is 18.2 Å². The molecule has 11 heteroatoms. The van der Waals surface area contributed by atoms with Crippen LogP contribution in [0.3, 0.4) is 0 Å². The van der Waals surface area contributed by atoms with Crippen molar-refractivity contribution in [1.82, 2.24) is 19.9 Å². The Morgan fingerprint density at radius 1 is 1.11 bits per heavy atom. The van der Waals surface area contributed by atoms with Crippen molar-refractivity contribution < 1.29 is 18.0 Å². The molecule has 38 heavy (non-hydrogen) atoms. The summed E-state index contributed by atoms with van der Waals surface area (Å²) in [7, 11) is 5.88. The number of nitrogens with one attached hydrogen (secondary N) is 3. The summed E-state index contributed by atoms with van der Waals surface area (Å²) in [5, 5.41) is 6.46. The first-order valence-corrected chi connectivity index (χ1v) is 12.0. The molecule has 2 aromatic heterocycles. The maximum Gasteiger partial charge on any atom is 0.419 e. The van der Waals surface area contributed by atoms with E-state index in [-0.39, 0.29) is 17.5 Å². The van der Waals surface area contributed by atoms with Gasteiger partial charge in [0.1, 0.15) is 5.56 Å². The number of hydrogen-bond acceptors (Lipinski definition) is 6. The Balaban J connectivity index is 1.72. The van der Waals surface area contributed by atoms with Crippen LogP contribution in [0.15, 0.2) is 48.8 Å². The van der Waals surface area contributed by atoms with Gasteiger partial charge in [0.2, 0.25) is 11.9 Å². The molecule has 0 unspecified atom stereocenters. The Bertz CT molecular complexity index is 1460. The largest absolute Gasteiger partial charge is 0.419 e. The van der Waals surface area contributed by atoms with E-state index in [1.54, 1.807) is 24.3 Å². The molecule has 8 nitrogen and oxygen atoms in total. The summed E-state index contributed by atoms with van der Waals surface area (Å²) in [6, 6.07) is 10.7. The van der Waals surface area contributed by atoms with Crippen molar-refractivity contribution >= 4 is 39.8 Å². The van der Waals surface area contributed by atoms with E-state index in [2.05, 4.69) is 30.5 Å². The van der Waals surface area contributed by atoms with Crippen molar-refractivity contribution in [3.63, 3.8) is 0 Å². The van der Waals surface area contributed by atoms with Gasteiger partial charge in [-0.15, -0.1) is 0 Å². The topological polar surface area (TPSA) is 89.2 Å². The SMILES string of the molecule is CC(=O)Nc1cc(Nc2ncc(C(F)(F)F)c(-c3c[nH]c4c(C)cccc34)n2)ccc1N(C)CCN(C)C. The summed E-state index contributed by atoms with van der Waals surface area (Å²) in [5.41, 5.74) is 2.71. The number of anilines is 4. The number of benzene rings is 2. The van der Waals surface area contributed by atoms with E-state index >= 15 is 0 Å². The fourth-order valence-electron chi connectivity index (χ4n) is 4.19. The predicted octanol–water partition coefficient (Wildman–Crippen LogP) is 5.65. The predicted molar refractivity (Wildman–Crippen MR) is 145 cm³/mol. The standard InChI is InChI=1S/C27H30F3N7O/c1-16-7-6-8-19-20(14-31-24(16)19)25-21(27(28,29)30)15-32-26(35-25)34-18-9-10-23(22(13-18)33-17(2)38)37(5)12-11-36(3)4/h6-10,13-15,31H,11-12H2,1-5H3,(H,33,38)(H,32,34,35). The number of para-hydroxylation sites is 1. The Labute approximate surface area is 218 Å². The summed E-state index contributed by atoms with van der Waals surface area (Å²) in [4.78, 5) is 27.2. The lowest BCUT2D eigenvalue weighted by Crippen LogP contribution is -2.29. The normalized spacial score (nSPS) is 11.7. The molecule has 0 aliphatic rings. The quantitative estimate of drug-likeness (QED) is 0.275. The number of aromatic nitrogens is 3. The number of hydrogen-bond donors (Lipinski definition) is 3. The van der Waals surface area contributed by atoms with E-state index in [9.17, 15) is 18.0 Å². The lowest BCUT2D eigenvalue weighted by molar-refractivity contribution is -0.137. The number of carbonyl (C=O) groups excluding carboxylic acids is 1. The molecule has 4 rings (SSSR count). The minimum Gasteiger partial charge on any atom is -0.372 e. The van der Waals surface area contributed by atoms with Crippen molar-refractivity contribution in [2.24, 2.45) is 0 Å². The molecule has 0 aliphatic carbocycles. The summed E-state index contributed by atoms with van der Waals surface area (Å²) in [6.07, 6.45) is -2.32. The van der Waals surface area contributed by atoms with Gasteiger partial charge < -0.3 is 25.4 Å². The van der Waals surface area contributed by atoms with Gasteiger partial charge in [-0.05, 0) is 44.8 Å². The van der Waals surface area contributed by atoms with E-state index in [0.717, 1.165) is 36.1 Å². The lowest BCUT2D eigenvalue weighted by Gasteiger charge is -2.24. The smallest absolute Gasteiger partial charge is 0.372 e. The van der Waals surface area contributed by atoms with Gasteiger partial charge in [-0.25, -0.2) is 9.97 Å². The number of nitrogens with zero attached hydrogens (tertiary/aromatic N) is 4. The van der Waals surface area contributed by atoms with Crippen LogP contribution < -0.4 is 15.5 Å². The van der Waals surface area contributed by atoms with Gasteiger partial charge in [-0.2, -0.15) is 13.2 Å². The molecule has 0 aliphatic heterocycles. The van der Waals surface area contributed by atoms with E-state index < -0.39 is 11.7 Å². The number of rotatable bonds is 8. The molecule has 3 N–H and O–H groups in total. The first-order valence-electron chi connectivity index (χ1n) is 12.0. The minimum absolute atomic E-state index is 0.00232. The first-order chi connectivity index (χ1) is 17.9. The highest BCUT2D eigenvalue weighted by molar-refractivity contribution is 5.97. The Morgan fingerprint density at radius 3 is 2.55 bits per heavy atom. The van der Waals surface area contributed by atoms with E-state index in [0.29, 0.717) is 22.3 Å². The van der Waals surface area contributed by atoms with E-state index in [1.807, 2.05) is 45.1 Å². The van der Waals surface area contributed by atoms with Gasteiger partial charge in [0.25, 0.3) is 0 Å². The molecule has 200 valence electrons. The average Bonchev–Trinajstić information content (AvgIpc) is 3.27. The zero-order valence-electron chi connectivity index (χ0n) is 21.9. The number of halogens is 3. The molecule has 0 bridgehead atoms. The molecule has 0 saturated carbocycles. The van der Waals surface area contributed by atoms with Crippen LogP contribution >= 0.6 is 0 Å². The monoisotopic (exact) mass is 525 g/mol. The summed E-state index contributed by atoms with van der Waals surface area (Å²) < 4.78 is 41.8. The van der Waals surface area contributed by atoms with Crippen LogP contribution in [-0.2, 0) is 11.0 Å². The lowest BCUT2D eigenvalue weighted by atomic mass is 10.0. The van der Waals surface area contributed by atoms with Crippen LogP contribution in [0, 0.1) is 6.92 Å². The third-order valence-corrected chi connectivity index (χ3v) is 6.13. The molecular formula is C27H30F3N7O. The minimum atomic E-state index is -4.64. The molecule has 0 saturated heterocycles. The summed E-state index contributed by atoms with van der Waals surface area (Å²) >= 11 is 0. The Kier molecular flexibility index (Phi) is 7.58. The summed E-state index contributed by atoms with van der Waals surface area (Å²) in [5.74, 6) is -0.246. The van der Waals surface area contributed by atoms with Crippen molar-refractivity contribution in [3.8, 4) is 11.3 Å². The fourth-order valence-corrected chi connectivity index (χ4v) is 4.19. The van der Waals surface area contributed by atoms with Crippen LogP contribution in [0.5, 0.6) is 0 Å². The number of aromatic amines is 1. The van der Waals surface area contributed by atoms with Crippen LogP contribution in [-0.4, -0.2) is 60.0 Å². The fraction of sp³-hybridized carbons (Fsp3) is 0.296. The highest BCUT2D eigenvalue weighted by Gasteiger charge is 2.36. The van der Waals surface area contributed by atoms with Gasteiger partial charge >= 0.3 is 6.18 Å². The molecule has 0 spiro atoms. The third kappa shape index (κ3) is 5.88. The number of H-pyrrole nitrogens is 1. The number of alkyl halides is 3. The zero-order valence-corrected chi connectivity index (χ0v) is 21.9. The maximum absolute atomic E-state index is 13.9. The highest BCUT2D eigenvalue weighted by atomic mass is 19.4. The highest BCUT2D eigenvalue weighted by Crippen LogP contribution is 2.39. The second-order valence-corrected chi connectivity index (χ2v) is 9.42. The first kappa shape index (κ1) is 26.9. The molecule has 0 atom stereocenters. The molecule has 2 heterocycles.